The maximum atomic E-state index is 11.3. The first kappa shape index (κ1) is 13.7. The molecule has 96 valence electrons. The van der Waals surface area contributed by atoms with Crippen molar-refractivity contribution in [2.45, 2.75) is 6.54 Å². The van der Waals surface area contributed by atoms with Gasteiger partial charge in [0.25, 0.3) is 0 Å². The molecule has 0 aliphatic rings. The van der Waals surface area contributed by atoms with Crippen molar-refractivity contribution in [1.29, 1.82) is 5.26 Å². The van der Waals surface area contributed by atoms with Crippen LogP contribution in [0.25, 0.3) is 0 Å². The van der Waals surface area contributed by atoms with Gasteiger partial charge in [-0.1, -0.05) is 0 Å². The van der Waals surface area contributed by atoms with Crippen molar-refractivity contribution in [3.8, 4) is 6.07 Å². The van der Waals surface area contributed by atoms with Gasteiger partial charge in [0.05, 0.1) is 31.1 Å². The molecule has 1 rings (SSSR count). The van der Waals surface area contributed by atoms with Crippen molar-refractivity contribution in [3.63, 3.8) is 0 Å². The molecule has 0 saturated carbocycles. The van der Waals surface area contributed by atoms with Crippen molar-refractivity contribution < 1.29 is 14.3 Å². The van der Waals surface area contributed by atoms with Gasteiger partial charge in [0.2, 0.25) is 0 Å². The largest absolute Gasteiger partial charge is 0.383 e. The molecule has 0 aliphatic heterocycles. The van der Waals surface area contributed by atoms with E-state index in [4.69, 9.17) is 10.00 Å². The lowest BCUT2D eigenvalue weighted by atomic mass is 10.4. The third-order valence-electron chi connectivity index (χ3n) is 1.95. The van der Waals surface area contributed by atoms with Gasteiger partial charge in [-0.2, -0.15) is 10.4 Å². The van der Waals surface area contributed by atoms with E-state index in [0.29, 0.717) is 18.8 Å². The summed E-state index contributed by atoms with van der Waals surface area (Å²) in [6.45, 7) is 0.837. The number of rotatable bonds is 5. The van der Waals surface area contributed by atoms with Crippen LogP contribution in [0.15, 0.2) is 12.4 Å². The predicted molar refractivity (Wildman–Crippen MR) is 61.4 cm³/mol. The lowest BCUT2D eigenvalue weighted by Gasteiger charge is -2.01. The second-order valence-electron chi connectivity index (χ2n) is 3.28. The SMILES string of the molecule is COCCn1cc(NC(=O)C(=O)NCC#N)cn1. The molecular weight excluding hydrogens is 238 g/mol. The molecule has 2 amide bonds. The molecule has 0 spiro atoms. The van der Waals surface area contributed by atoms with Crippen LogP contribution in [0.5, 0.6) is 0 Å². The Morgan fingerprint density at radius 3 is 3.00 bits per heavy atom. The minimum Gasteiger partial charge on any atom is -0.383 e. The number of ether oxygens (including phenoxy) is 1. The van der Waals surface area contributed by atoms with E-state index in [1.54, 1.807) is 24.1 Å². The average Bonchev–Trinajstić information content (AvgIpc) is 2.80. The summed E-state index contributed by atoms with van der Waals surface area (Å²) >= 11 is 0. The highest BCUT2D eigenvalue weighted by atomic mass is 16.5. The summed E-state index contributed by atoms with van der Waals surface area (Å²) in [6.07, 6.45) is 3.00. The number of nitriles is 1. The van der Waals surface area contributed by atoms with Gasteiger partial charge < -0.3 is 15.4 Å². The van der Waals surface area contributed by atoms with E-state index in [0.717, 1.165) is 0 Å². The minimum atomic E-state index is -0.860. The summed E-state index contributed by atoms with van der Waals surface area (Å²) in [5.41, 5.74) is 0.406. The van der Waals surface area contributed by atoms with Crippen LogP contribution in [0.2, 0.25) is 0 Å². The molecule has 1 aromatic rings. The summed E-state index contributed by atoms with van der Waals surface area (Å²) in [5, 5.41) is 16.7. The molecule has 0 aromatic carbocycles. The Kier molecular flexibility index (Phi) is 5.34. The van der Waals surface area contributed by atoms with Crippen LogP contribution in [0.3, 0.4) is 0 Å². The summed E-state index contributed by atoms with van der Waals surface area (Å²) in [4.78, 5) is 22.5. The van der Waals surface area contributed by atoms with Crippen LogP contribution in [-0.2, 0) is 20.9 Å². The maximum absolute atomic E-state index is 11.3. The first-order valence-corrected chi connectivity index (χ1v) is 5.15. The van der Waals surface area contributed by atoms with Crippen LogP contribution >= 0.6 is 0 Å². The topological polar surface area (TPSA) is 109 Å². The number of nitrogens with one attached hydrogen (secondary N) is 2. The second-order valence-corrected chi connectivity index (χ2v) is 3.28. The highest BCUT2D eigenvalue weighted by molar-refractivity contribution is 6.39. The first-order valence-electron chi connectivity index (χ1n) is 5.15. The fraction of sp³-hybridized carbons (Fsp3) is 0.400. The number of hydrogen-bond donors (Lipinski definition) is 2. The molecule has 8 heteroatoms. The van der Waals surface area contributed by atoms with Crippen molar-refractivity contribution in [3.05, 3.63) is 12.4 Å². The Labute approximate surface area is 104 Å². The Bertz CT molecular complexity index is 462. The van der Waals surface area contributed by atoms with Gasteiger partial charge in [-0.3, -0.25) is 14.3 Å². The smallest absolute Gasteiger partial charge is 0.313 e. The lowest BCUT2D eigenvalue weighted by molar-refractivity contribution is -0.136. The molecule has 1 heterocycles. The van der Waals surface area contributed by atoms with E-state index in [9.17, 15) is 9.59 Å². The summed E-state index contributed by atoms with van der Waals surface area (Å²) < 4.78 is 6.45. The number of methoxy groups -OCH3 is 1. The van der Waals surface area contributed by atoms with Crippen molar-refractivity contribution in [2.24, 2.45) is 0 Å². The zero-order valence-corrected chi connectivity index (χ0v) is 9.84. The van der Waals surface area contributed by atoms with Gasteiger partial charge in [0.1, 0.15) is 6.54 Å². The maximum Gasteiger partial charge on any atom is 0.313 e. The van der Waals surface area contributed by atoms with Crippen LogP contribution < -0.4 is 10.6 Å². The van der Waals surface area contributed by atoms with Gasteiger partial charge in [-0.25, -0.2) is 0 Å². The van der Waals surface area contributed by atoms with Gasteiger partial charge in [0.15, 0.2) is 0 Å². The summed E-state index contributed by atoms with van der Waals surface area (Å²) in [6, 6.07) is 1.70. The van der Waals surface area contributed by atoms with Crippen LogP contribution in [0.4, 0.5) is 5.69 Å². The van der Waals surface area contributed by atoms with Crippen molar-refractivity contribution in [1.82, 2.24) is 15.1 Å². The first-order chi connectivity index (χ1) is 8.67. The molecule has 18 heavy (non-hydrogen) atoms. The predicted octanol–water partition coefficient (Wildman–Crippen LogP) is -0.892. The molecule has 8 nitrogen and oxygen atoms in total. The lowest BCUT2D eigenvalue weighted by Crippen LogP contribution is -2.35. The molecule has 2 N–H and O–H groups in total. The molecular formula is C10H13N5O3. The fourth-order valence-corrected chi connectivity index (χ4v) is 1.12. The number of carbonyl (C=O) groups excluding carboxylic acids is 2. The molecule has 0 unspecified atom stereocenters. The summed E-state index contributed by atoms with van der Waals surface area (Å²) in [7, 11) is 1.58. The van der Waals surface area contributed by atoms with E-state index < -0.39 is 11.8 Å². The van der Waals surface area contributed by atoms with Gasteiger partial charge in [-0.15, -0.1) is 0 Å². The zero-order chi connectivity index (χ0) is 13.4. The van der Waals surface area contributed by atoms with Crippen LogP contribution in [0.1, 0.15) is 0 Å². The Morgan fingerprint density at radius 2 is 2.33 bits per heavy atom. The van der Waals surface area contributed by atoms with E-state index >= 15 is 0 Å². The highest BCUT2D eigenvalue weighted by Crippen LogP contribution is 2.04. The number of aromatic nitrogens is 2. The number of hydrogen-bond acceptors (Lipinski definition) is 5. The molecule has 0 aliphatic carbocycles. The second kappa shape index (κ2) is 7.03. The number of anilines is 1. The summed E-state index contributed by atoms with van der Waals surface area (Å²) in [5.74, 6) is -1.70. The molecule has 0 radical (unpaired) electrons. The fourth-order valence-electron chi connectivity index (χ4n) is 1.12. The van der Waals surface area contributed by atoms with Gasteiger partial charge >= 0.3 is 11.8 Å². The van der Waals surface area contributed by atoms with E-state index in [-0.39, 0.29) is 6.54 Å². The third kappa shape index (κ3) is 4.23. The highest BCUT2D eigenvalue weighted by Gasteiger charge is 2.13. The Morgan fingerprint density at radius 1 is 1.56 bits per heavy atom. The van der Waals surface area contributed by atoms with Gasteiger partial charge in [0, 0.05) is 13.3 Å². The Balaban J connectivity index is 2.47. The Hall–Kier alpha value is -2.40. The molecule has 0 bridgehead atoms. The molecule has 0 saturated heterocycles. The molecule has 0 atom stereocenters. The van der Waals surface area contributed by atoms with Crippen LogP contribution in [-0.4, -0.2) is 41.9 Å². The minimum absolute atomic E-state index is 0.209. The number of nitrogens with zero attached hydrogens (tertiary/aromatic N) is 3. The van der Waals surface area contributed by atoms with E-state index in [1.807, 2.05) is 0 Å². The van der Waals surface area contributed by atoms with Gasteiger partial charge in [-0.05, 0) is 0 Å². The van der Waals surface area contributed by atoms with E-state index in [2.05, 4.69) is 15.7 Å². The van der Waals surface area contributed by atoms with Crippen LogP contribution in [0, 0.1) is 11.3 Å². The molecule has 0 fully saturated rings. The average molecular weight is 251 g/mol. The van der Waals surface area contributed by atoms with E-state index in [1.165, 1.54) is 6.20 Å². The zero-order valence-electron chi connectivity index (χ0n) is 9.84. The standard InChI is InChI=1S/C10H13N5O3/c1-18-5-4-15-7-8(6-13-15)14-10(17)9(16)12-3-2-11/h6-7H,3-5H2,1H3,(H,12,16)(H,14,17). The normalized spacial score (nSPS) is 9.56. The number of carbonyl (C=O) groups is 2. The van der Waals surface area contributed by atoms with Crippen molar-refractivity contribution >= 4 is 17.5 Å². The quantitative estimate of drug-likeness (QED) is 0.521. The molecule has 1 aromatic heterocycles. The number of amides is 2. The monoisotopic (exact) mass is 251 g/mol. The van der Waals surface area contributed by atoms with Crippen molar-refractivity contribution in [2.75, 3.05) is 25.6 Å². The third-order valence-corrected chi connectivity index (χ3v) is 1.95.